The van der Waals surface area contributed by atoms with Gasteiger partial charge in [-0.3, -0.25) is 0 Å². The number of rotatable bonds is 0. The second-order valence-corrected chi connectivity index (χ2v) is 0. The van der Waals surface area contributed by atoms with E-state index in [4.69, 9.17) is 0 Å². The molecule has 0 aliphatic carbocycles. The molecule has 0 spiro atoms. The van der Waals surface area contributed by atoms with Crippen LogP contribution in [0.15, 0.2) is 0 Å². The Balaban J connectivity index is 0. The first-order valence-corrected chi connectivity index (χ1v) is 0. The van der Waals surface area contributed by atoms with Crippen LogP contribution in [-0.4, -0.2) is 0 Å². The van der Waals surface area contributed by atoms with Crippen molar-refractivity contribution in [3.63, 3.8) is 0 Å². The monoisotopic (exact) mass is 128 g/mol. The Labute approximate surface area is 54.3 Å². The molecule has 2 nitrogen and oxygen atoms in total. The summed E-state index contributed by atoms with van der Waals surface area (Å²) in [5.74, 6) is 0. The van der Waals surface area contributed by atoms with Crippen LogP contribution in [0.3, 0.4) is 0 Å². The molecule has 0 saturated carbocycles. The molecule has 0 bridgehead atoms. The maximum absolute atomic E-state index is 0. The maximum atomic E-state index is 0. The van der Waals surface area contributed by atoms with Crippen LogP contribution in [0.25, 0.3) is 0 Å². The predicted molar refractivity (Wildman–Crippen MR) is 1.37 cm³/mol. The van der Waals surface area contributed by atoms with E-state index in [0.717, 1.165) is 0 Å². The van der Waals surface area contributed by atoms with Crippen molar-refractivity contribution in [2.75, 3.05) is 0 Å². The van der Waals surface area contributed by atoms with Crippen molar-refractivity contribution in [2.24, 2.45) is 0 Å². The largest absolute Gasteiger partial charge is 4.00 e. The SMILES string of the molecule is [O-2].[O-2].[Ti+4].[Ti]. The molecule has 0 fully saturated rings. The van der Waals surface area contributed by atoms with Crippen LogP contribution in [0.2, 0.25) is 0 Å². The molecular weight excluding hydrogens is 128 g/mol. The van der Waals surface area contributed by atoms with Gasteiger partial charge in [-0.25, -0.2) is 0 Å². The minimum Gasteiger partial charge on any atom is -2.00 e. The summed E-state index contributed by atoms with van der Waals surface area (Å²) >= 11 is 0. The van der Waals surface area contributed by atoms with Crippen LogP contribution in [0, 0.1) is 0 Å². The van der Waals surface area contributed by atoms with Crippen LogP contribution in [0.1, 0.15) is 0 Å². The van der Waals surface area contributed by atoms with Gasteiger partial charge in [0, 0.05) is 21.7 Å². The van der Waals surface area contributed by atoms with E-state index < -0.39 is 0 Å². The Hall–Kier alpha value is 1.35. The van der Waals surface area contributed by atoms with Gasteiger partial charge in [0.15, 0.2) is 0 Å². The predicted octanol–water partition coefficient (Wildman–Crippen LogP) is -0.243. The van der Waals surface area contributed by atoms with Crippen LogP contribution in [0.4, 0.5) is 0 Å². The third-order valence-electron chi connectivity index (χ3n) is 0. The average Bonchev–Trinajstić information content (AvgIpc) is 0. The molecule has 4 heteroatoms. The molecule has 0 aromatic heterocycles. The quantitative estimate of drug-likeness (QED) is 0.404. The van der Waals surface area contributed by atoms with Gasteiger partial charge in [0.1, 0.15) is 0 Å². The van der Waals surface area contributed by atoms with Crippen LogP contribution < -0.4 is 0 Å². The molecule has 0 heterocycles. The molecule has 4 heavy (non-hydrogen) atoms. The Bertz CT molecular complexity index is 4.00. The Morgan fingerprint density at radius 2 is 0.750 bits per heavy atom. The summed E-state index contributed by atoms with van der Waals surface area (Å²) in [6.45, 7) is 0. The second kappa shape index (κ2) is 26.8. The van der Waals surface area contributed by atoms with E-state index in [0.29, 0.717) is 0 Å². The van der Waals surface area contributed by atoms with Crippen molar-refractivity contribution in [2.45, 2.75) is 0 Å². The standard InChI is InChI=1S/2O.2Ti/q2*-2;;+4. The number of hydrogen-bond acceptors (Lipinski definition) is 0. The molecule has 0 aliphatic rings. The Morgan fingerprint density at radius 3 is 0.750 bits per heavy atom. The Morgan fingerprint density at radius 1 is 0.750 bits per heavy atom. The van der Waals surface area contributed by atoms with Gasteiger partial charge in [0.05, 0.1) is 0 Å². The molecule has 0 radical (unpaired) electrons. The second-order valence-electron chi connectivity index (χ2n) is 0. The van der Waals surface area contributed by atoms with Crippen molar-refractivity contribution in [1.82, 2.24) is 0 Å². The van der Waals surface area contributed by atoms with Gasteiger partial charge in [0.25, 0.3) is 0 Å². The summed E-state index contributed by atoms with van der Waals surface area (Å²) in [6.07, 6.45) is 0. The van der Waals surface area contributed by atoms with Gasteiger partial charge in [-0.05, 0) is 0 Å². The normalized spacial score (nSPS) is 0. The third kappa shape index (κ3) is 10.2. The first-order valence-electron chi connectivity index (χ1n) is 0. The summed E-state index contributed by atoms with van der Waals surface area (Å²) < 4.78 is 0. The third-order valence-corrected chi connectivity index (χ3v) is 0. The fourth-order valence-electron chi connectivity index (χ4n) is 0. The van der Waals surface area contributed by atoms with Crippen LogP contribution in [-0.2, 0) is 54.4 Å². The first-order chi connectivity index (χ1) is 0. The van der Waals surface area contributed by atoms with Gasteiger partial charge < -0.3 is 11.0 Å². The van der Waals surface area contributed by atoms with E-state index in [1.807, 2.05) is 0 Å². The minimum absolute atomic E-state index is 0. The molecule has 0 aromatic carbocycles. The van der Waals surface area contributed by atoms with E-state index in [1.165, 1.54) is 0 Å². The first kappa shape index (κ1) is 55.6. The van der Waals surface area contributed by atoms with Crippen molar-refractivity contribution >= 4 is 0 Å². The van der Waals surface area contributed by atoms with Crippen LogP contribution >= 0.6 is 0 Å². The summed E-state index contributed by atoms with van der Waals surface area (Å²) in [7, 11) is 0. The summed E-state index contributed by atoms with van der Waals surface area (Å²) in [6, 6.07) is 0. The van der Waals surface area contributed by atoms with Crippen LogP contribution in [0.5, 0.6) is 0 Å². The molecular formula is O2Ti2. The van der Waals surface area contributed by atoms with Crippen molar-refractivity contribution in [3.05, 3.63) is 0 Å². The molecule has 0 unspecified atom stereocenters. The van der Waals surface area contributed by atoms with E-state index in [-0.39, 0.29) is 54.4 Å². The fourth-order valence-corrected chi connectivity index (χ4v) is 0. The molecule has 0 saturated heterocycles. The van der Waals surface area contributed by atoms with Crippen molar-refractivity contribution < 1.29 is 54.4 Å². The van der Waals surface area contributed by atoms with Gasteiger partial charge in [-0.15, -0.1) is 0 Å². The maximum Gasteiger partial charge on any atom is 4.00 e. The topological polar surface area (TPSA) is 57.0 Å². The van der Waals surface area contributed by atoms with Gasteiger partial charge in [-0.2, -0.15) is 0 Å². The number of hydrogen-bond donors (Lipinski definition) is 0. The summed E-state index contributed by atoms with van der Waals surface area (Å²) in [5.41, 5.74) is 0. The summed E-state index contributed by atoms with van der Waals surface area (Å²) in [5, 5.41) is 0. The zero-order chi connectivity index (χ0) is 0. The molecule has 0 atom stereocenters. The molecule has 0 aliphatic heterocycles. The Kier molecular flexibility index (Phi) is 373. The van der Waals surface area contributed by atoms with Gasteiger partial charge in [0.2, 0.25) is 0 Å². The molecule has 0 rings (SSSR count). The molecule has 0 aromatic rings. The molecule has 0 amide bonds. The van der Waals surface area contributed by atoms with Crippen molar-refractivity contribution in [3.8, 4) is 0 Å². The van der Waals surface area contributed by atoms with Gasteiger partial charge in [-0.1, -0.05) is 0 Å². The summed E-state index contributed by atoms with van der Waals surface area (Å²) in [4.78, 5) is 0. The molecule has 0 N–H and O–H groups in total. The zero-order valence-corrected chi connectivity index (χ0v) is 4.94. The van der Waals surface area contributed by atoms with E-state index in [9.17, 15) is 0 Å². The molecule has 20 valence electrons. The minimum atomic E-state index is 0. The smallest absolute Gasteiger partial charge is 2.00 e. The zero-order valence-electron chi connectivity index (χ0n) is 1.82. The fraction of sp³-hybridized carbons (Fsp3) is 0. The van der Waals surface area contributed by atoms with E-state index in [1.54, 1.807) is 0 Å². The average molecular weight is 128 g/mol. The van der Waals surface area contributed by atoms with Crippen molar-refractivity contribution in [1.29, 1.82) is 0 Å². The van der Waals surface area contributed by atoms with E-state index >= 15 is 0 Å². The van der Waals surface area contributed by atoms with Gasteiger partial charge >= 0.3 is 21.7 Å². The van der Waals surface area contributed by atoms with E-state index in [2.05, 4.69) is 0 Å².